The zero-order chi connectivity index (χ0) is 7.83. The molecule has 12 heavy (non-hydrogen) atoms. The SMILES string of the molecule is CC1(C)CNCC(C)(C)[N-]1.[Cl-].[Mg+2]. The monoisotopic (exact) mass is 200 g/mol. The van der Waals surface area contributed by atoms with Crippen molar-refractivity contribution in [1.82, 2.24) is 5.32 Å². The first-order valence-corrected chi connectivity index (χ1v) is 3.86. The molecule has 0 aromatic heterocycles. The molecule has 1 saturated heterocycles. The van der Waals surface area contributed by atoms with Crippen LogP contribution in [-0.2, 0) is 0 Å². The van der Waals surface area contributed by atoms with Gasteiger partial charge in [-0.15, -0.1) is 11.1 Å². The van der Waals surface area contributed by atoms with Gasteiger partial charge in [0.25, 0.3) is 0 Å². The molecule has 1 rings (SSSR count). The summed E-state index contributed by atoms with van der Waals surface area (Å²) in [4.78, 5) is 0. The number of hydrogen-bond donors (Lipinski definition) is 1. The Morgan fingerprint density at radius 2 is 1.33 bits per heavy atom. The topological polar surface area (TPSA) is 26.1 Å². The number of rotatable bonds is 0. The van der Waals surface area contributed by atoms with Crippen LogP contribution in [0.3, 0.4) is 0 Å². The minimum atomic E-state index is 0. The summed E-state index contributed by atoms with van der Waals surface area (Å²) in [6, 6.07) is 0. The van der Waals surface area contributed by atoms with Crippen molar-refractivity contribution in [2.75, 3.05) is 13.1 Å². The molecule has 4 heteroatoms. The van der Waals surface area contributed by atoms with Gasteiger partial charge in [-0.3, -0.25) is 0 Å². The van der Waals surface area contributed by atoms with E-state index in [9.17, 15) is 0 Å². The van der Waals surface area contributed by atoms with Gasteiger partial charge in [-0.2, -0.15) is 0 Å². The third kappa shape index (κ3) is 4.87. The molecule has 1 aliphatic heterocycles. The van der Waals surface area contributed by atoms with E-state index >= 15 is 0 Å². The first kappa shape index (κ1) is 15.4. The van der Waals surface area contributed by atoms with Crippen molar-refractivity contribution in [3.8, 4) is 0 Å². The maximum atomic E-state index is 4.68. The van der Waals surface area contributed by atoms with Crippen molar-refractivity contribution >= 4 is 23.1 Å². The van der Waals surface area contributed by atoms with Gasteiger partial charge < -0.3 is 23.0 Å². The standard InChI is InChI=1S/C8H17N2.ClH.Mg/c1-7(2)5-9-6-8(3,4)10-7;;/h9H,5-6H2,1-4H3;1H;/q-1;;+2/p-1. The van der Waals surface area contributed by atoms with Crippen LogP contribution in [0, 0.1) is 0 Å². The van der Waals surface area contributed by atoms with Crippen LogP contribution in [0.2, 0.25) is 0 Å². The Bertz CT molecular complexity index is 123. The molecule has 0 saturated carbocycles. The first-order valence-electron chi connectivity index (χ1n) is 3.86. The summed E-state index contributed by atoms with van der Waals surface area (Å²) in [6.45, 7) is 10.7. The Labute approximate surface area is 97.8 Å². The summed E-state index contributed by atoms with van der Waals surface area (Å²) >= 11 is 0. The molecule has 0 aromatic carbocycles. The summed E-state index contributed by atoms with van der Waals surface area (Å²) in [5.41, 5.74) is 0.253. The largest absolute Gasteiger partial charge is 2.00 e. The Kier molecular flexibility index (Phi) is 6.45. The fourth-order valence-corrected chi connectivity index (χ4v) is 1.57. The smallest absolute Gasteiger partial charge is 1.00 e. The van der Waals surface area contributed by atoms with Crippen LogP contribution in [0.1, 0.15) is 27.7 Å². The quantitative estimate of drug-likeness (QED) is 0.457. The van der Waals surface area contributed by atoms with Gasteiger partial charge in [0.2, 0.25) is 0 Å². The number of nitrogens with zero attached hydrogens (tertiary/aromatic N) is 1. The second-order valence-corrected chi connectivity index (χ2v) is 4.34. The number of hydrogen-bond acceptors (Lipinski definition) is 1. The molecule has 2 nitrogen and oxygen atoms in total. The van der Waals surface area contributed by atoms with Gasteiger partial charge in [-0.1, -0.05) is 27.7 Å². The Morgan fingerprint density at radius 3 is 1.50 bits per heavy atom. The van der Waals surface area contributed by atoms with Crippen LogP contribution < -0.4 is 17.7 Å². The van der Waals surface area contributed by atoms with Gasteiger partial charge in [0.15, 0.2) is 0 Å². The predicted octanol–water partition coefficient (Wildman–Crippen LogP) is -1.86. The van der Waals surface area contributed by atoms with Crippen LogP contribution in [0.4, 0.5) is 0 Å². The van der Waals surface area contributed by atoms with Crippen LogP contribution in [0.25, 0.3) is 5.32 Å². The summed E-state index contributed by atoms with van der Waals surface area (Å²) in [6.07, 6.45) is 0. The van der Waals surface area contributed by atoms with Crippen molar-refractivity contribution in [3.63, 3.8) is 0 Å². The van der Waals surface area contributed by atoms with Gasteiger partial charge in [-0.25, -0.2) is 0 Å². The maximum Gasteiger partial charge on any atom is 2.00 e. The average molecular weight is 201 g/mol. The molecule has 0 unspecified atom stereocenters. The third-order valence-corrected chi connectivity index (χ3v) is 1.72. The Morgan fingerprint density at radius 1 is 1.00 bits per heavy atom. The first-order chi connectivity index (χ1) is 4.41. The molecule has 1 N–H and O–H groups in total. The zero-order valence-electron chi connectivity index (χ0n) is 8.45. The van der Waals surface area contributed by atoms with Crippen molar-refractivity contribution in [2.45, 2.75) is 38.8 Å². The minimum absolute atomic E-state index is 0. The van der Waals surface area contributed by atoms with Gasteiger partial charge in [-0.05, 0) is 13.1 Å². The molecule has 0 radical (unpaired) electrons. The zero-order valence-corrected chi connectivity index (χ0v) is 10.6. The summed E-state index contributed by atoms with van der Waals surface area (Å²) in [5, 5.41) is 8.06. The summed E-state index contributed by atoms with van der Waals surface area (Å²) in [7, 11) is 0. The Balaban J connectivity index is 0. The Hall–Kier alpha value is 0.976. The molecule has 0 spiro atoms. The molecule has 0 amide bonds. The van der Waals surface area contributed by atoms with Crippen LogP contribution in [0.15, 0.2) is 0 Å². The van der Waals surface area contributed by atoms with E-state index in [-0.39, 0.29) is 46.5 Å². The van der Waals surface area contributed by atoms with E-state index in [1.165, 1.54) is 0 Å². The van der Waals surface area contributed by atoms with Gasteiger partial charge in [0.1, 0.15) is 0 Å². The average Bonchev–Trinajstić information content (AvgIpc) is 1.56. The third-order valence-electron chi connectivity index (χ3n) is 1.72. The molecular formula is C8H17ClMgN2. The predicted molar refractivity (Wildman–Crippen MR) is 50.1 cm³/mol. The van der Waals surface area contributed by atoms with E-state index in [0.717, 1.165) is 13.1 Å². The van der Waals surface area contributed by atoms with Crippen LogP contribution in [-0.4, -0.2) is 47.2 Å². The number of piperazine rings is 1. The van der Waals surface area contributed by atoms with Crippen molar-refractivity contribution in [1.29, 1.82) is 0 Å². The van der Waals surface area contributed by atoms with Crippen LogP contribution >= 0.6 is 0 Å². The van der Waals surface area contributed by atoms with Gasteiger partial charge >= 0.3 is 23.1 Å². The second-order valence-electron chi connectivity index (χ2n) is 4.34. The van der Waals surface area contributed by atoms with Gasteiger partial charge in [0.05, 0.1) is 0 Å². The fraction of sp³-hybridized carbons (Fsp3) is 1.00. The number of nitrogens with one attached hydrogen (secondary N) is 1. The molecule has 1 heterocycles. The van der Waals surface area contributed by atoms with Crippen LogP contribution in [0.5, 0.6) is 0 Å². The van der Waals surface area contributed by atoms with Crippen molar-refractivity contribution < 1.29 is 12.4 Å². The molecule has 1 aliphatic rings. The molecule has 68 valence electrons. The fourth-order valence-electron chi connectivity index (χ4n) is 1.57. The van der Waals surface area contributed by atoms with Crippen molar-refractivity contribution in [2.24, 2.45) is 0 Å². The molecule has 0 bridgehead atoms. The van der Waals surface area contributed by atoms with E-state index in [1.54, 1.807) is 0 Å². The minimum Gasteiger partial charge on any atom is -1.00 e. The summed E-state index contributed by atoms with van der Waals surface area (Å²) in [5.74, 6) is 0. The molecule has 0 aliphatic carbocycles. The van der Waals surface area contributed by atoms with E-state index in [0.29, 0.717) is 0 Å². The van der Waals surface area contributed by atoms with Crippen molar-refractivity contribution in [3.05, 3.63) is 5.32 Å². The van der Waals surface area contributed by atoms with E-state index < -0.39 is 0 Å². The molecule has 0 aromatic rings. The molecule has 0 atom stereocenters. The maximum absolute atomic E-state index is 4.68. The molecule has 1 fully saturated rings. The van der Waals surface area contributed by atoms with Gasteiger partial charge in [0, 0.05) is 0 Å². The second kappa shape index (κ2) is 5.01. The van der Waals surface area contributed by atoms with E-state index in [1.807, 2.05) is 0 Å². The summed E-state index contributed by atoms with van der Waals surface area (Å²) < 4.78 is 0. The van der Waals surface area contributed by atoms with E-state index in [4.69, 9.17) is 0 Å². The number of halogens is 1. The van der Waals surface area contributed by atoms with E-state index in [2.05, 4.69) is 38.3 Å². The normalized spacial score (nSPS) is 25.0. The molecular weight excluding hydrogens is 184 g/mol.